The molecule has 1 N–H and O–H groups in total. The van der Waals surface area contributed by atoms with Crippen molar-refractivity contribution < 1.29 is 18.4 Å². The van der Waals surface area contributed by atoms with Gasteiger partial charge in [0.2, 0.25) is 0 Å². The second kappa shape index (κ2) is 7.05. The number of furan rings is 1. The number of hydrogen-bond acceptors (Lipinski definition) is 5. The third-order valence-corrected chi connectivity index (χ3v) is 6.24. The monoisotopic (exact) mass is 428 g/mol. The summed E-state index contributed by atoms with van der Waals surface area (Å²) in [4.78, 5) is 35.0. The Morgan fingerprint density at radius 1 is 1.23 bits per heavy atom. The molecule has 3 aromatic rings. The molecule has 9 heteroatoms. The fourth-order valence-corrected chi connectivity index (χ4v) is 4.72. The number of carbonyl (C=O) groups is 2. The van der Waals surface area contributed by atoms with Gasteiger partial charge in [-0.1, -0.05) is 11.6 Å². The molecule has 7 nitrogen and oxygen atoms in total. The van der Waals surface area contributed by atoms with Crippen LogP contribution in [-0.2, 0) is 0 Å². The van der Waals surface area contributed by atoms with Crippen molar-refractivity contribution in [3.63, 3.8) is 0 Å². The third-order valence-electron chi connectivity index (χ3n) is 6.03. The predicted molar refractivity (Wildman–Crippen MR) is 107 cm³/mol. The molecule has 1 saturated heterocycles. The zero-order valence-electron chi connectivity index (χ0n) is 15.9. The van der Waals surface area contributed by atoms with Gasteiger partial charge in [0, 0.05) is 25.3 Å². The molecule has 0 aromatic carbocycles. The highest BCUT2D eigenvalue weighted by Gasteiger charge is 2.50. The van der Waals surface area contributed by atoms with Crippen LogP contribution in [0.3, 0.4) is 0 Å². The average Bonchev–Trinajstić information content (AvgIpc) is 3.36. The molecule has 0 atom stereocenters. The largest absolute Gasteiger partial charge is 0.464 e. The van der Waals surface area contributed by atoms with Crippen LogP contribution in [0.5, 0.6) is 0 Å². The maximum Gasteiger partial charge on any atom is 0.275 e. The molecule has 2 aliphatic rings. The van der Waals surface area contributed by atoms with Crippen molar-refractivity contribution >= 4 is 34.4 Å². The molecule has 0 radical (unpaired) electrons. The molecule has 1 spiro atoms. The van der Waals surface area contributed by atoms with Crippen LogP contribution in [0.2, 0.25) is 5.15 Å². The summed E-state index contributed by atoms with van der Waals surface area (Å²) in [6, 6.07) is 5.92. The normalized spacial score (nSPS) is 23.0. The van der Waals surface area contributed by atoms with Crippen molar-refractivity contribution in [3.8, 4) is 0 Å². The molecule has 5 rings (SSSR count). The second-order valence-corrected chi connectivity index (χ2v) is 8.40. The zero-order valence-corrected chi connectivity index (χ0v) is 16.7. The first-order chi connectivity index (χ1) is 14.4. The molecule has 1 aliphatic carbocycles. The lowest BCUT2D eigenvalue weighted by molar-refractivity contribution is 0.0603. The van der Waals surface area contributed by atoms with E-state index < -0.39 is 11.7 Å². The Balaban J connectivity index is 1.21. The minimum absolute atomic E-state index is 0.0116. The van der Waals surface area contributed by atoms with E-state index in [9.17, 15) is 14.0 Å². The number of amides is 2. The van der Waals surface area contributed by atoms with E-state index in [1.165, 1.54) is 12.3 Å². The van der Waals surface area contributed by atoms with Gasteiger partial charge in [-0.3, -0.25) is 14.6 Å². The van der Waals surface area contributed by atoms with Crippen LogP contribution in [0.15, 0.2) is 41.1 Å². The SMILES string of the molecule is O=C(NC1CC2(CCN(C(=O)c3nc(Cl)ccc3F)C2)C1)c1nccc2occc12. The van der Waals surface area contributed by atoms with Gasteiger partial charge in [0.25, 0.3) is 11.8 Å². The van der Waals surface area contributed by atoms with E-state index in [0.29, 0.717) is 29.8 Å². The van der Waals surface area contributed by atoms with Crippen LogP contribution < -0.4 is 5.32 Å². The Labute approximate surface area is 176 Å². The Hall–Kier alpha value is -3.00. The first-order valence-electron chi connectivity index (χ1n) is 9.69. The average molecular weight is 429 g/mol. The molecule has 0 bridgehead atoms. The van der Waals surface area contributed by atoms with Crippen molar-refractivity contribution in [3.05, 3.63) is 59.1 Å². The Morgan fingerprint density at radius 2 is 2.07 bits per heavy atom. The van der Waals surface area contributed by atoms with E-state index in [1.807, 2.05) is 0 Å². The molecule has 0 unspecified atom stereocenters. The number of halogens is 2. The number of fused-ring (bicyclic) bond motifs is 1. The zero-order chi connectivity index (χ0) is 20.9. The number of nitrogens with zero attached hydrogens (tertiary/aromatic N) is 3. The summed E-state index contributed by atoms with van der Waals surface area (Å²) in [6.07, 6.45) is 5.41. The second-order valence-electron chi connectivity index (χ2n) is 8.01. The van der Waals surface area contributed by atoms with E-state index in [0.717, 1.165) is 25.3 Å². The molecule has 4 heterocycles. The molecule has 1 saturated carbocycles. The fourth-order valence-electron chi connectivity index (χ4n) is 4.58. The highest BCUT2D eigenvalue weighted by atomic mass is 35.5. The van der Waals surface area contributed by atoms with Crippen LogP contribution >= 0.6 is 11.6 Å². The summed E-state index contributed by atoms with van der Waals surface area (Å²) in [6.45, 7) is 1.05. The molecule has 3 aromatic heterocycles. The summed E-state index contributed by atoms with van der Waals surface area (Å²) in [5, 5.41) is 3.78. The lowest BCUT2D eigenvalue weighted by Crippen LogP contribution is -2.52. The fraction of sp³-hybridized carbons (Fsp3) is 0.333. The van der Waals surface area contributed by atoms with Gasteiger partial charge in [0.15, 0.2) is 11.5 Å². The van der Waals surface area contributed by atoms with E-state index in [-0.39, 0.29) is 28.2 Å². The van der Waals surface area contributed by atoms with Gasteiger partial charge in [0.1, 0.15) is 16.4 Å². The number of hydrogen-bond donors (Lipinski definition) is 1. The van der Waals surface area contributed by atoms with Gasteiger partial charge in [-0.15, -0.1) is 0 Å². The molecular weight excluding hydrogens is 411 g/mol. The number of likely N-dealkylation sites (tertiary alicyclic amines) is 1. The van der Waals surface area contributed by atoms with E-state index in [2.05, 4.69) is 15.3 Å². The maximum atomic E-state index is 14.0. The molecule has 154 valence electrons. The smallest absolute Gasteiger partial charge is 0.275 e. The first-order valence-corrected chi connectivity index (χ1v) is 10.1. The van der Waals surface area contributed by atoms with Gasteiger partial charge < -0.3 is 14.6 Å². The Bertz CT molecular complexity index is 1160. The van der Waals surface area contributed by atoms with Gasteiger partial charge in [-0.2, -0.15) is 0 Å². The number of pyridine rings is 2. The summed E-state index contributed by atoms with van der Waals surface area (Å²) in [5.41, 5.74) is 0.653. The molecular formula is C21H18ClFN4O3. The standard InChI is InChI=1S/C21H18ClFN4O3/c22-16-2-1-14(23)18(26-16)20(29)27-7-5-21(11-27)9-12(10-21)25-19(28)17-13-4-8-30-15(13)3-6-24-17/h1-4,6,8,12H,5,7,9-11H2,(H,25,28). The van der Waals surface area contributed by atoms with Crippen molar-refractivity contribution in [2.75, 3.05) is 13.1 Å². The lowest BCUT2D eigenvalue weighted by atomic mass is 9.65. The van der Waals surface area contributed by atoms with Gasteiger partial charge in [0.05, 0.1) is 11.6 Å². The van der Waals surface area contributed by atoms with Crippen LogP contribution in [0.1, 0.15) is 40.2 Å². The summed E-state index contributed by atoms with van der Waals surface area (Å²) in [7, 11) is 0. The molecule has 30 heavy (non-hydrogen) atoms. The lowest BCUT2D eigenvalue weighted by Gasteiger charge is -2.45. The first kappa shape index (κ1) is 19.0. The van der Waals surface area contributed by atoms with Crippen LogP contribution in [-0.4, -0.2) is 45.8 Å². The van der Waals surface area contributed by atoms with Gasteiger partial charge in [-0.25, -0.2) is 9.37 Å². The molecule has 2 amide bonds. The summed E-state index contributed by atoms with van der Waals surface area (Å²) < 4.78 is 19.3. The van der Waals surface area contributed by atoms with E-state index in [1.54, 1.807) is 23.2 Å². The number of rotatable bonds is 3. The maximum absolute atomic E-state index is 14.0. The topological polar surface area (TPSA) is 88.3 Å². The minimum atomic E-state index is -0.676. The Morgan fingerprint density at radius 3 is 2.90 bits per heavy atom. The van der Waals surface area contributed by atoms with Crippen molar-refractivity contribution in [2.45, 2.75) is 25.3 Å². The van der Waals surface area contributed by atoms with Gasteiger partial charge in [-0.05, 0) is 48.9 Å². The van der Waals surface area contributed by atoms with Crippen molar-refractivity contribution in [1.82, 2.24) is 20.2 Å². The highest BCUT2D eigenvalue weighted by Crippen LogP contribution is 2.48. The van der Waals surface area contributed by atoms with Gasteiger partial charge >= 0.3 is 0 Å². The van der Waals surface area contributed by atoms with Crippen LogP contribution in [0, 0.1) is 11.2 Å². The van der Waals surface area contributed by atoms with Crippen LogP contribution in [0.4, 0.5) is 4.39 Å². The van der Waals surface area contributed by atoms with Crippen LogP contribution in [0.25, 0.3) is 11.0 Å². The quantitative estimate of drug-likeness (QED) is 0.645. The van der Waals surface area contributed by atoms with E-state index >= 15 is 0 Å². The minimum Gasteiger partial charge on any atom is -0.464 e. The summed E-state index contributed by atoms with van der Waals surface area (Å²) in [5.74, 6) is -1.36. The predicted octanol–water partition coefficient (Wildman–Crippen LogP) is 3.44. The number of nitrogens with one attached hydrogen (secondary N) is 1. The third kappa shape index (κ3) is 3.21. The molecule has 2 fully saturated rings. The van der Waals surface area contributed by atoms with E-state index in [4.69, 9.17) is 16.0 Å². The highest BCUT2D eigenvalue weighted by molar-refractivity contribution is 6.29. The summed E-state index contributed by atoms with van der Waals surface area (Å²) >= 11 is 5.81. The van der Waals surface area contributed by atoms with Crippen molar-refractivity contribution in [1.29, 1.82) is 0 Å². The number of carbonyl (C=O) groups excluding carboxylic acids is 2. The molecule has 1 aliphatic heterocycles. The number of aromatic nitrogens is 2. The Kier molecular flexibility index (Phi) is 4.47. The van der Waals surface area contributed by atoms with Crippen molar-refractivity contribution in [2.24, 2.45) is 5.41 Å².